The number of rotatable bonds is 3. The average molecular weight is 288 g/mol. The van der Waals surface area contributed by atoms with Gasteiger partial charge in [-0.1, -0.05) is 25.1 Å². The lowest BCUT2D eigenvalue weighted by molar-refractivity contribution is -0.126. The van der Waals surface area contributed by atoms with Gasteiger partial charge in [-0.2, -0.15) is 0 Å². The molecule has 2 unspecified atom stereocenters. The molecule has 4 heteroatoms. The minimum absolute atomic E-state index is 0.0694. The first kappa shape index (κ1) is 14.4. The van der Waals surface area contributed by atoms with Gasteiger partial charge in [0.05, 0.1) is 5.92 Å². The summed E-state index contributed by atoms with van der Waals surface area (Å²) in [6, 6.07) is 7.98. The molecule has 114 valence electrons. The highest BCUT2D eigenvalue weighted by Gasteiger charge is 2.30. The van der Waals surface area contributed by atoms with Crippen LogP contribution in [0.4, 0.5) is 0 Å². The number of fused-ring (bicyclic) bond motifs is 1. The van der Waals surface area contributed by atoms with E-state index in [0.29, 0.717) is 6.61 Å². The molecule has 0 radical (unpaired) electrons. The molecule has 0 aliphatic carbocycles. The lowest BCUT2D eigenvalue weighted by Crippen LogP contribution is -2.47. The first-order chi connectivity index (χ1) is 10.2. The summed E-state index contributed by atoms with van der Waals surface area (Å²) < 4.78 is 5.70. The minimum Gasteiger partial charge on any atom is -0.492 e. The Labute approximate surface area is 126 Å². The number of hydrogen-bond donors (Lipinski definition) is 2. The third-order valence-corrected chi connectivity index (χ3v) is 4.62. The van der Waals surface area contributed by atoms with Crippen LogP contribution in [0.3, 0.4) is 0 Å². The van der Waals surface area contributed by atoms with Crippen LogP contribution in [0.1, 0.15) is 25.3 Å². The van der Waals surface area contributed by atoms with Gasteiger partial charge in [0.1, 0.15) is 12.4 Å². The predicted molar refractivity (Wildman–Crippen MR) is 82.4 cm³/mol. The highest BCUT2D eigenvalue weighted by Crippen LogP contribution is 2.28. The summed E-state index contributed by atoms with van der Waals surface area (Å²) in [6.07, 6.45) is 3.13. The number of hydrogen-bond acceptors (Lipinski definition) is 3. The van der Waals surface area contributed by atoms with Crippen molar-refractivity contribution < 1.29 is 9.53 Å². The topological polar surface area (TPSA) is 50.4 Å². The summed E-state index contributed by atoms with van der Waals surface area (Å²) in [5.74, 6) is 0.973. The zero-order valence-electron chi connectivity index (χ0n) is 12.7. The SMILES string of the molecule is CC1(CNC(=O)C2COc3ccccc3C2)CCCNC1. The van der Waals surface area contributed by atoms with Crippen LogP contribution >= 0.6 is 0 Å². The number of carbonyl (C=O) groups is 1. The van der Waals surface area contributed by atoms with Gasteiger partial charge >= 0.3 is 0 Å². The van der Waals surface area contributed by atoms with E-state index in [2.05, 4.69) is 17.6 Å². The molecule has 2 N–H and O–H groups in total. The number of nitrogens with one attached hydrogen (secondary N) is 2. The van der Waals surface area contributed by atoms with E-state index in [1.54, 1.807) is 0 Å². The molecule has 2 atom stereocenters. The fourth-order valence-corrected chi connectivity index (χ4v) is 3.21. The second-order valence-corrected chi connectivity index (χ2v) is 6.63. The number of benzene rings is 1. The van der Waals surface area contributed by atoms with Gasteiger partial charge < -0.3 is 15.4 Å². The molecular weight excluding hydrogens is 264 g/mol. The summed E-state index contributed by atoms with van der Waals surface area (Å²) in [7, 11) is 0. The quantitative estimate of drug-likeness (QED) is 0.891. The Kier molecular flexibility index (Phi) is 4.15. The molecule has 0 bridgehead atoms. The van der Waals surface area contributed by atoms with Gasteiger partial charge in [-0.25, -0.2) is 0 Å². The Morgan fingerprint density at radius 2 is 2.33 bits per heavy atom. The van der Waals surface area contributed by atoms with Crippen molar-refractivity contribution in [3.05, 3.63) is 29.8 Å². The average Bonchev–Trinajstić information content (AvgIpc) is 2.53. The van der Waals surface area contributed by atoms with Gasteiger partial charge in [-0.05, 0) is 42.9 Å². The summed E-state index contributed by atoms with van der Waals surface area (Å²) >= 11 is 0. The van der Waals surface area contributed by atoms with E-state index < -0.39 is 0 Å². The third-order valence-electron chi connectivity index (χ3n) is 4.62. The minimum atomic E-state index is -0.0694. The predicted octanol–water partition coefficient (Wildman–Crippen LogP) is 1.74. The Morgan fingerprint density at radius 1 is 1.48 bits per heavy atom. The number of carbonyl (C=O) groups excluding carboxylic acids is 1. The van der Waals surface area contributed by atoms with Crippen molar-refractivity contribution in [1.29, 1.82) is 0 Å². The number of para-hydroxylation sites is 1. The molecule has 1 amide bonds. The van der Waals surface area contributed by atoms with E-state index in [0.717, 1.165) is 37.4 Å². The first-order valence-electron chi connectivity index (χ1n) is 7.85. The van der Waals surface area contributed by atoms with Gasteiger partial charge in [-0.3, -0.25) is 4.79 Å². The van der Waals surface area contributed by atoms with Crippen molar-refractivity contribution in [2.45, 2.75) is 26.2 Å². The Balaban J connectivity index is 1.55. The molecule has 1 saturated heterocycles. The van der Waals surface area contributed by atoms with E-state index >= 15 is 0 Å². The van der Waals surface area contributed by atoms with Crippen LogP contribution in [-0.4, -0.2) is 32.1 Å². The number of amides is 1. The standard InChI is InChI=1S/C17H24N2O2/c1-17(7-4-8-18-11-17)12-19-16(20)14-9-13-5-2-3-6-15(13)21-10-14/h2-3,5-6,14,18H,4,7-12H2,1H3,(H,19,20). The molecule has 2 aliphatic rings. The first-order valence-corrected chi connectivity index (χ1v) is 7.85. The molecule has 0 aromatic heterocycles. The van der Waals surface area contributed by atoms with Gasteiger partial charge in [0, 0.05) is 13.1 Å². The third kappa shape index (κ3) is 3.38. The molecule has 1 aromatic rings. The van der Waals surface area contributed by atoms with E-state index in [1.165, 1.54) is 12.8 Å². The zero-order chi connectivity index (χ0) is 14.7. The molecule has 3 rings (SSSR count). The van der Waals surface area contributed by atoms with Crippen LogP contribution in [0, 0.1) is 11.3 Å². The second kappa shape index (κ2) is 6.06. The lowest BCUT2D eigenvalue weighted by Gasteiger charge is -2.35. The van der Waals surface area contributed by atoms with Crippen LogP contribution < -0.4 is 15.4 Å². The second-order valence-electron chi connectivity index (χ2n) is 6.63. The van der Waals surface area contributed by atoms with Crippen LogP contribution in [0.15, 0.2) is 24.3 Å². The van der Waals surface area contributed by atoms with Crippen molar-refractivity contribution in [3.8, 4) is 5.75 Å². The molecule has 1 aromatic carbocycles. The lowest BCUT2D eigenvalue weighted by atomic mass is 9.82. The molecule has 2 aliphatic heterocycles. The summed E-state index contributed by atoms with van der Waals surface area (Å²) in [5.41, 5.74) is 1.32. The van der Waals surface area contributed by atoms with Crippen LogP contribution in [0.25, 0.3) is 0 Å². The zero-order valence-corrected chi connectivity index (χ0v) is 12.7. The molecular formula is C17H24N2O2. The van der Waals surface area contributed by atoms with Crippen molar-refractivity contribution in [3.63, 3.8) is 0 Å². The Hall–Kier alpha value is -1.55. The van der Waals surface area contributed by atoms with E-state index in [9.17, 15) is 4.79 Å². The molecule has 1 fully saturated rings. The van der Waals surface area contributed by atoms with E-state index in [4.69, 9.17) is 4.74 Å². The van der Waals surface area contributed by atoms with Crippen LogP contribution in [0.2, 0.25) is 0 Å². The maximum Gasteiger partial charge on any atom is 0.226 e. The van der Waals surface area contributed by atoms with E-state index in [-0.39, 0.29) is 17.2 Å². The smallest absolute Gasteiger partial charge is 0.226 e. The largest absolute Gasteiger partial charge is 0.492 e. The maximum absolute atomic E-state index is 12.4. The summed E-state index contributed by atoms with van der Waals surface area (Å²) in [4.78, 5) is 12.4. The number of piperidine rings is 1. The van der Waals surface area contributed by atoms with Gasteiger partial charge in [-0.15, -0.1) is 0 Å². The Bertz CT molecular complexity index is 509. The molecule has 4 nitrogen and oxygen atoms in total. The monoisotopic (exact) mass is 288 g/mol. The van der Waals surface area contributed by atoms with Crippen molar-refractivity contribution >= 4 is 5.91 Å². The highest BCUT2D eigenvalue weighted by atomic mass is 16.5. The van der Waals surface area contributed by atoms with Gasteiger partial charge in [0.25, 0.3) is 0 Å². The van der Waals surface area contributed by atoms with Crippen LogP contribution in [-0.2, 0) is 11.2 Å². The van der Waals surface area contributed by atoms with Crippen LogP contribution in [0.5, 0.6) is 5.75 Å². The fourth-order valence-electron chi connectivity index (χ4n) is 3.21. The maximum atomic E-state index is 12.4. The normalized spacial score (nSPS) is 28.3. The fraction of sp³-hybridized carbons (Fsp3) is 0.588. The van der Waals surface area contributed by atoms with E-state index in [1.807, 2.05) is 24.3 Å². The van der Waals surface area contributed by atoms with Crippen molar-refractivity contribution in [1.82, 2.24) is 10.6 Å². The highest BCUT2D eigenvalue weighted by molar-refractivity contribution is 5.79. The van der Waals surface area contributed by atoms with Crippen molar-refractivity contribution in [2.24, 2.45) is 11.3 Å². The molecule has 0 saturated carbocycles. The summed E-state index contributed by atoms with van der Waals surface area (Å²) in [6.45, 7) is 5.55. The summed E-state index contributed by atoms with van der Waals surface area (Å²) in [5, 5.41) is 6.55. The van der Waals surface area contributed by atoms with Crippen molar-refractivity contribution in [2.75, 3.05) is 26.2 Å². The van der Waals surface area contributed by atoms with Gasteiger partial charge in [0.15, 0.2) is 0 Å². The van der Waals surface area contributed by atoms with Gasteiger partial charge in [0.2, 0.25) is 5.91 Å². The molecule has 0 spiro atoms. The molecule has 21 heavy (non-hydrogen) atoms. The number of ether oxygens (including phenoxy) is 1. The molecule has 2 heterocycles. The Morgan fingerprint density at radius 3 is 3.14 bits per heavy atom.